The summed E-state index contributed by atoms with van der Waals surface area (Å²) in [4.78, 5) is 5.18. The summed E-state index contributed by atoms with van der Waals surface area (Å²) >= 11 is 0. The van der Waals surface area contributed by atoms with Crippen molar-refractivity contribution in [2.75, 3.05) is 25.1 Å². The third-order valence-corrected chi connectivity index (χ3v) is 6.19. The van der Waals surface area contributed by atoms with E-state index in [1.807, 2.05) is 0 Å². The minimum absolute atomic E-state index is 0.548. The molecule has 0 N–H and O–H groups in total. The summed E-state index contributed by atoms with van der Waals surface area (Å²) in [7, 11) is 1.72. The van der Waals surface area contributed by atoms with Gasteiger partial charge in [0.1, 0.15) is 5.75 Å². The van der Waals surface area contributed by atoms with Crippen LogP contribution in [0.5, 0.6) is 5.75 Å². The normalized spacial score (nSPS) is 21.2. The zero-order valence-electron chi connectivity index (χ0n) is 16.3. The molecular weight excluding hydrogens is 344 g/mol. The molecule has 0 saturated carbocycles. The van der Waals surface area contributed by atoms with E-state index >= 15 is 0 Å². The maximum atomic E-state index is 5.29. The van der Waals surface area contributed by atoms with Crippen molar-refractivity contribution in [2.24, 2.45) is 0 Å². The van der Waals surface area contributed by atoms with Gasteiger partial charge in [-0.3, -0.25) is 4.90 Å². The number of hydrogen-bond acceptors (Lipinski definition) is 3. The van der Waals surface area contributed by atoms with Crippen LogP contribution in [0.15, 0.2) is 78.9 Å². The first-order valence-corrected chi connectivity index (χ1v) is 10.1. The molecule has 1 saturated heterocycles. The van der Waals surface area contributed by atoms with Gasteiger partial charge in [-0.05, 0) is 47.9 Å². The molecule has 2 atom stereocenters. The fraction of sp³-hybridized carbons (Fsp3) is 0.280. The largest absolute Gasteiger partial charge is 0.497 e. The lowest BCUT2D eigenvalue weighted by atomic mass is 9.89. The first-order valence-electron chi connectivity index (χ1n) is 10.1. The molecule has 28 heavy (non-hydrogen) atoms. The zero-order valence-corrected chi connectivity index (χ0v) is 16.3. The topological polar surface area (TPSA) is 15.7 Å². The second kappa shape index (κ2) is 7.33. The van der Waals surface area contributed by atoms with Crippen molar-refractivity contribution in [3.8, 4) is 5.75 Å². The second-order valence-corrected chi connectivity index (χ2v) is 7.81. The van der Waals surface area contributed by atoms with E-state index in [4.69, 9.17) is 4.74 Å². The minimum atomic E-state index is 0.548. The van der Waals surface area contributed by atoms with E-state index in [1.165, 1.54) is 28.9 Å². The number of likely N-dealkylation sites (tertiary alicyclic amines) is 1. The number of nitrogens with zero attached hydrogens (tertiary/aromatic N) is 2. The van der Waals surface area contributed by atoms with Crippen molar-refractivity contribution < 1.29 is 4.74 Å². The summed E-state index contributed by atoms with van der Waals surface area (Å²) in [6.07, 6.45) is 1.18. The molecule has 2 aliphatic heterocycles. The highest BCUT2D eigenvalue weighted by atomic mass is 16.5. The van der Waals surface area contributed by atoms with E-state index in [0.29, 0.717) is 12.0 Å². The van der Waals surface area contributed by atoms with E-state index < -0.39 is 0 Å². The van der Waals surface area contributed by atoms with Crippen LogP contribution in [0.25, 0.3) is 0 Å². The van der Waals surface area contributed by atoms with Crippen molar-refractivity contribution in [3.63, 3.8) is 0 Å². The molecule has 0 aliphatic carbocycles. The number of methoxy groups -OCH3 is 1. The molecule has 0 aromatic heterocycles. The van der Waals surface area contributed by atoms with E-state index in [1.54, 1.807) is 7.11 Å². The van der Waals surface area contributed by atoms with Crippen LogP contribution in [0.1, 0.15) is 23.5 Å². The smallest absolute Gasteiger partial charge is 0.118 e. The number of benzene rings is 3. The number of piperidine rings is 1. The van der Waals surface area contributed by atoms with E-state index in [-0.39, 0.29) is 0 Å². The van der Waals surface area contributed by atoms with Gasteiger partial charge in [-0.25, -0.2) is 0 Å². The SMILES string of the molecule is COc1ccc(CN2CC[C@@H]3[C@@H](C2)c2ccccc2N3c2ccccc2)cc1. The van der Waals surface area contributed by atoms with Gasteiger partial charge in [0, 0.05) is 43.0 Å². The summed E-state index contributed by atoms with van der Waals surface area (Å²) in [6.45, 7) is 3.24. The molecule has 2 heterocycles. The molecule has 0 radical (unpaired) electrons. The molecule has 3 heteroatoms. The van der Waals surface area contributed by atoms with Gasteiger partial charge in [0.15, 0.2) is 0 Å². The Hall–Kier alpha value is -2.78. The highest BCUT2D eigenvalue weighted by Gasteiger charge is 2.42. The third kappa shape index (κ3) is 3.06. The Balaban J connectivity index is 1.40. The quantitative estimate of drug-likeness (QED) is 0.627. The van der Waals surface area contributed by atoms with Gasteiger partial charge in [-0.2, -0.15) is 0 Å². The van der Waals surface area contributed by atoms with Crippen LogP contribution in [0.2, 0.25) is 0 Å². The fourth-order valence-electron chi connectivity index (χ4n) is 4.87. The number of para-hydroxylation sites is 2. The van der Waals surface area contributed by atoms with Gasteiger partial charge < -0.3 is 9.64 Å². The number of hydrogen-bond donors (Lipinski definition) is 0. The maximum Gasteiger partial charge on any atom is 0.118 e. The molecule has 3 aromatic carbocycles. The monoisotopic (exact) mass is 370 g/mol. The molecule has 142 valence electrons. The summed E-state index contributed by atoms with van der Waals surface area (Å²) in [5.74, 6) is 1.48. The lowest BCUT2D eigenvalue weighted by Crippen LogP contribution is -2.44. The summed E-state index contributed by atoms with van der Waals surface area (Å²) in [6, 6.07) is 28.9. The molecule has 0 spiro atoms. The van der Waals surface area contributed by atoms with E-state index in [0.717, 1.165) is 25.4 Å². The predicted octanol–water partition coefficient (Wildman–Crippen LogP) is 5.21. The molecule has 0 unspecified atom stereocenters. The molecular formula is C25H26N2O. The Morgan fingerprint density at radius 3 is 2.43 bits per heavy atom. The first-order chi connectivity index (χ1) is 13.8. The zero-order chi connectivity index (χ0) is 18.9. The fourth-order valence-corrected chi connectivity index (χ4v) is 4.87. The Morgan fingerprint density at radius 1 is 0.893 bits per heavy atom. The Kier molecular flexibility index (Phi) is 4.53. The highest BCUT2D eigenvalue weighted by molar-refractivity contribution is 5.72. The average molecular weight is 370 g/mol. The van der Waals surface area contributed by atoms with Gasteiger partial charge >= 0.3 is 0 Å². The molecule has 5 rings (SSSR count). The van der Waals surface area contributed by atoms with Crippen molar-refractivity contribution in [3.05, 3.63) is 90.0 Å². The molecule has 2 aliphatic rings. The van der Waals surface area contributed by atoms with Crippen LogP contribution in [0.4, 0.5) is 11.4 Å². The van der Waals surface area contributed by atoms with E-state index in [9.17, 15) is 0 Å². The lowest BCUT2D eigenvalue weighted by molar-refractivity contribution is 0.189. The minimum Gasteiger partial charge on any atom is -0.497 e. The summed E-state index contributed by atoms with van der Waals surface area (Å²) in [5, 5.41) is 0. The van der Waals surface area contributed by atoms with E-state index in [2.05, 4.69) is 88.7 Å². The standard InChI is InChI=1S/C25H26N2O/c1-28-21-13-11-19(12-14-21)17-26-16-15-25-23(18-26)22-9-5-6-10-24(22)27(25)20-7-3-2-4-8-20/h2-14,23,25H,15-18H2,1H3/t23-,25+/m0/s1. The molecule has 3 aromatic rings. The molecule has 3 nitrogen and oxygen atoms in total. The Labute approximate surface area is 167 Å². The third-order valence-electron chi connectivity index (χ3n) is 6.19. The average Bonchev–Trinajstić information content (AvgIpc) is 3.09. The van der Waals surface area contributed by atoms with Crippen LogP contribution < -0.4 is 9.64 Å². The van der Waals surface area contributed by atoms with Crippen molar-refractivity contribution >= 4 is 11.4 Å². The number of fused-ring (bicyclic) bond motifs is 3. The summed E-state index contributed by atoms with van der Waals surface area (Å²) < 4.78 is 5.29. The second-order valence-electron chi connectivity index (χ2n) is 7.81. The molecule has 1 fully saturated rings. The van der Waals surface area contributed by atoms with Crippen molar-refractivity contribution in [2.45, 2.75) is 24.9 Å². The number of rotatable bonds is 4. The van der Waals surface area contributed by atoms with Gasteiger partial charge in [0.2, 0.25) is 0 Å². The number of anilines is 2. The van der Waals surface area contributed by atoms with Crippen molar-refractivity contribution in [1.82, 2.24) is 4.90 Å². The Morgan fingerprint density at radius 2 is 1.64 bits per heavy atom. The Bertz CT molecular complexity index is 938. The van der Waals surface area contributed by atoms with Crippen LogP contribution in [-0.2, 0) is 6.54 Å². The van der Waals surface area contributed by atoms with Crippen LogP contribution in [-0.4, -0.2) is 31.1 Å². The van der Waals surface area contributed by atoms with Gasteiger partial charge in [0.05, 0.1) is 7.11 Å². The molecule has 0 bridgehead atoms. The van der Waals surface area contributed by atoms with Crippen LogP contribution >= 0.6 is 0 Å². The van der Waals surface area contributed by atoms with Gasteiger partial charge in [-0.15, -0.1) is 0 Å². The highest BCUT2D eigenvalue weighted by Crippen LogP contribution is 2.48. The summed E-state index contributed by atoms with van der Waals surface area (Å²) in [5.41, 5.74) is 5.54. The number of ether oxygens (including phenoxy) is 1. The first kappa shape index (κ1) is 17.3. The lowest BCUT2D eigenvalue weighted by Gasteiger charge is -2.39. The maximum absolute atomic E-state index is 5.29. The van der Waals surface area contributed by atoms with Gasteiger partial charge in [-0.1, -0.05) is 48.5 Å². The van der Waals surface area contributed by atoms with Crippen LogP contribution in [0, 0.1) is 0 Å². The van der Waals surface area contributed by atoms with Gasteiger partial charge in [0.25, 0.3) is 0 Å². The van der Waals surface area contributed by atoms with Crippen molar-refractivity contribution in [1.29, 1.82) is 0 Å². The molecule has 0 amide bonds. The predicted molar refractivity (Wildman–Crippen MR) is 114 cm³/mol. The van der Waals surface area contributed by atoms with Crippen LogP contribution in [0.3, 0.4) is 0 Å².